The average molecular weight is 419 g/mol. The van der Waals surface area contributed by atoms with Crippen molar-refractivity contribution in [3.8, 4) is 6.07 Å². The lowest BCUT2D eigenvalue weighted by Gasteiger charge is -2.32. The number of oxazole rings is 1. The van der Waals surface area contributed by atoms with Crippen LogP contribution in [0.4, 0.5) is 0 Å². The van der Waals surface area contributed by atoms with Gasteiger partial charge in [-0.05, 0) is 55.5 Å². The zero-order valence-electron chi connectivity index (χ0n) is 18.6. The van der Waals surface area contributed by atoms with E-state index in [1.165, 1.54) is 0 Å². The first-order chi connectivity index (χ1) is 14.9. The Balaban J connectivity index is 1.58. The Morgan fingerprint density at radius 2 is 2.16 bits per heavy atom. The number of nitriles is 1. The molecule has 1 saturated heterocycles. The fraction of sp³-hybridized carbons (Fsp3) is 0.400. The van der Waals surface area contributed by atoms with Gasteiger partial charge < -0.3 is 14.2 Å². The Kier molecular flexibility index (Phi) is 7.30. The number of allylic oxidation sites excluding steroid dienone is 3. The minimum Gasteiger partial charge on any atom is -0.446 e. The molecule has 1 fully saturated rings. The number of amides is 1. The number of likely N-dealkylation sites (N-methyl/N-ethyl adjacent to an activating group) is 1. The van der Waals surface area contributed by atoms with Gasteiger partial charge in [0, 0.05) is 31.8 Å². The smallest absolute Gasteiger partial charge is 0.242 e. The first-order valence-corrected chi connectivity index (χ1v) is 10.7. The van der Waals surface area contributed by atoms with E-state index in [0.29, 0.717) is 12.1 Å². The quantitative estimate of drug-likeness (QED) is 0.619. The Labute approximate surface area is 184 Å². The number of hydrogen-bond donors (Lipinski definition) is 0. The SMILES string of the molecule is C=C(/C=C(/CC)N(C)CC(=O)N1CCC(c2ncc(C)o2)CC1)c1cccc(C#N)c1. The van der Waals surface area contributed by atoms with Crippen molar-refractivity contribution in [1.82, 2.24) is 14.8 Å². The molecule has 3 rings (SSSR count). The van der Waals surface area contributed by atoms with Crippen LogP contribution in [-0.4, -0.2) is 47.4 Å². The molecule has 0 aliphatic carbocycles. The highest BCUT2D eigenvalue weighted by Gasteiger charge is 2.27. The van der Waals surface area contributed by atoms with E-state index in [4.69, 9.17) is 9.68 Å². The maximum absolute atomic E-state index is 12.9. The van der Waals surface area contributed by atoms with Crippen molar-refractivity contribution in [1.29, 1.82) is 5.26 Å². The third-order valence-corrected chi connectivity index (χ3v) is 5.76. The van der Waals surface area contributed by atoms with Crippen LogP contribution in [0.5, 0.6) is 0 Å². The van der Waals surface area contributed by atoms with E-state index in [-0.39, 0.29) is 11.8 Å². The summed E-state index contributed by atoms with van der Waals surface area (Å²) in [5.41, 5.74) is 3.38. The molecule has 162 valence electrons. The maximum atomic E-state index is 12.9. The Morgan fingerprint density at radius 3 is 2.77 bits per heavy atom. The summed E-state index contributed by atoms with van der Waals surface area (Å²) < 4.78 is 5.66. The van der Waals surface area contributed by atoms with Crippen LogP contribution < -0.4 is 0 Å². The van der Waals surface area contributed by atoms with Crippen molar-refractivity contribution in [3.63, 3.8) is 0 Å². The zero-order chi connectivity index (χ0) is 22.4. The van der Waals surface area contributed by atoms with Crippen LogP contribution in [0.25, 0.3) is 5.57 Å². The minimum absolute atomic E-state index is 0.126. The molecule has 0 radical (unpaired) electrons. The standard InChI is InChI=1S/C25H30N4O2/c1-5-23(13-18(2)22-8-6-7-20(14-22)15-26)28(4)17-24(30)29-11-9-21(10-12-29)25-27-16-19(3)31-25/h6-8,13-14,16,21H,2,5,9-12,17H2,1,3-4H3/b23-13-. The largest absolute Gasteiger partial charge is 0.446 e. The van der Waals surface area contributed by atoms with Crippen LogP contribution in [0, 0.1) is 18.3 Å². The van der Waals surface area contributed by atoms with Gasteiger partial charge in [0.15, 0.2) is 5.89 Å². The Bertz CT molecular complexity index is 1010. The van der Waals surface area contributed by atoms with Crippen LogP contribution in [0.3, 0.4) is 0 Å². The molecule has 2 heterocycles. The van der Waals surface area contributed by atoms with E-state index < -0.39 is 0 Å². The number of piperidine rings is 1. The van der Waals surface area contributed by atoms with Crippen molar-refractivity contribution in [2.75, 3.05) is 26.7 Å². The number of benzene rings is 1. The number of carbonyl (C=O) groups is 1. The number of hydrogen-bond acceptors (Lipinski definition) is 5. The third kappa shape index (κ3) is 5.64. The van der Waals surface area contributed by atoms with Gasteiger partial charge in [0.05, 0.1) is 24.4 Å². The molecular weight excluding hydrogens is 388 g/mol. The highest BCUT2D eigenvalue weighted by Crippen LogP contribution is 2.28. The molecule has 1 amide bonds. The topological polar surface area (TPSA) is 73.4 Å². The van der Waals surface area contributed by atoms with Gasteiger partial charge in [0.1, 0.15) is 5.76 Å². The Morgan fingerprint density at radius 1 is 1.42 bits per heavy atom. The van der Waals surface area contributed by atoms with Crippen LogP contribution in [0.15, 0.2) is 53.2 Å². The van der Waals surface area contributed by atoms with Crippen molar-refractivity contribution >= 4 is 11.5 Å². The van der Waals surface area contributed by atoms with Crippen LogP contribution >= 0.6 is 0 Å². The van der Waals surface area contributed by atoms with Gasteiger partial charge in [-0.1, -0.05) is 25.6 Å². The molecule has 0 spiro atoms. The lowest BCUT2D eigenvalue weighted by Crippen LogP contribution is -2.42. The molecule has 1 aromatic heterocycles. The van der Waals surface area contributed by atoms with E-state index in [0.717, 1.165) is 60.8 Å². The number of rotatable bonds is 7. The Hall–Kier alpha value is -3.33. The number of nitrogens with zero attached hydrogens (tertiary/aromatic N) is 4. The summed E-state index contributed by atoms with van der Waals surface area (Å²) in [6.07, 6.45) is 6.29. The molecule has 0 atom stereocenters. The maximum Gasteiger partial charge on any atom is 0.242 e. The minimum atomic E-state index is 0.126. The number of likely N-dealkylation sites (tertiary alicyclic amines) is 1. The molecule has 0 saturated carbocycles. The lowest BCUT2D eigenvalue weighted by molar-refractivity contribution is -0.132. The fourth-order valence-electron chi connectivity index (χ4n) is 3.90. The molecule has 1 aliphatic rings. The predicted octanol–water partition coefficient (Wildman–Crippen LogP) is 4.50. The number of aromatic nitrogens is 1. The van der Waals surface area contributed by atoms with Gasteiger partial charge in [-0.2, -0.15) is 5.26 Å². The summed E-state index contributed by atoms with van der Waals surface area (Å²) in [5.74, 6) is 2.03. The van der Waals surface area contributed by atoms with Crippen LogP contribution in [-0.2, 0) is 4.79 Å². The van der Waals surface area contributed by atoms with E-state index in [2.05, 4.69) is 24.6 Å². The van der Waals surface area contributed by atoms with Crippen molar-refractivity contribution < 1.29 is 9.21 Å². The average Bonchev–Trinajstić information content (AvgIpc) is 3.23. The second kappa shape index (κ2) is 10.1. The molecule has 0 unspecified atom stereocenters. The van der Waals surface area contributed by atoms with E-state index in [1.807, 2.05) is 48.0 Å². The molecule has 0 N–H and O–H groups in total. The number of aryl methyl sites for hydroxylation is 1. The summed E-state index contributed by atoms with van der Waals surface area (Å²) in [5, 5.41) is 9.11. The van der Waals surface area contributed by atoms with Crippen molar-refractivity contribution in [3.05, 3.63) is 71.6 Å². The molecule has 1 aliphatic heterocycles. The molecule has 2 aromatic rings. The summed E-state index contributed by atoms with van der Waals surface area (Å²) >= 11 is 0. The second-order valence-electron chi connectivity index (χ2n) is 8.03. The van der Waals surface area contributed by atoms with Gasteiger partial charge in [-0.15, -0.1) is 0 Å². The first kappa shape index (κ1) is 22.4. The second-order valence-corrected chi connectivity index (χ2v) is 8.03. The van der Waals surface area contributed by atoms with Gasteiger partial charge in [-0.25, -0.2) is 4.98 Å². The van der Waals surface area contributed by atoms with E-state index in [1.54, 1.807) is 12.3 Å². The van der Waals surface area contributed by atoms with Crippen LogP contribution in [0.1, 0.15) is 54.9 Å². The van der Waals surface area contributed by atoms with Gasteiger partial charge in [-0.3, -0.25) is 4.79 Å². The number of carbonyl (C=O) groups excluding carboxylic acids is 1. The van der Waals surface area contributed by atoms with Gasteiger partial charge in [0.2, 0.25) is 5.91 Å². The predicted molar refractivity (Wildman–Crippen MR) is 121 cm³/mol. The molecule has 31 heavy (non-hydrogen) atoms. The first-order valence-electron chi connectivity index (χ1n) is 10.7. The molecular formula is C25H30N4O2. The van der Waals surface area contributed by atoms with Gasteiger partial charge in [0.25, 0.3) is 0 Å². The lowest BCUT2D eigenvalue weighted by atomic mass is 9.97. The monoisotopic (exact) mass is 418 g/mol. The molecule has 6 heteroatoms. The normalized spacial score (nSPS) is 14.9. The van der Waals surface area contributed by atoms with Crippen LogP contribution in [0.2, 0.25) is 0 Å². The molecule has 1 aromatic carbocycles. The summed E-state index contributed by atoms with van der Waals surface area (Å²) in [6.45, 7) is 9.89. The highest BCUT2D eigenvalue weighted by molar-refractivity contribution is 5.79. The highest BCUT2D eigenvalue weighted by atomic mass is 16.4. The molecule has 6 nitrogen and oxygen atoms in total. The fourth-order valence-corrected chi connectivity index (χ4v) is 3.90. The van der Waals surface area contributed by atoms with Gasteiger partial charge >= 0.3 is 0 Å². The molecule has 0 bridgehead atoms. The van der Waals surface area contributed by atoms with E-state index >= 15 is 0 Å². The zero-order valence-corrected chi connectivity index (χ0v) is 18.6. The van der Waals surface area contributed by atoms with Crippen molar-refractivity contribution in [2.45, 2.75) is 39.0 Å². The summed E-state index contributed by atoms with van der Waals surface area (Å²) in [6, 6.07) is 9.56. The van der Waals surface area contributed by atoms with E-state index in [9.17, 15) is 4.79 Å². The summed E-state index contributed by atoms with van der Waals surface area (Å²) in [7, 11) is 1.94. The van der Waals surface area contributed by atoms with Crippen molar-refractivity contribution in [2.24, 2.45) is 0 Å². The third-order valence-electron chi connectivity index (χ3n) is 5.76. The summed E-state index contributed by atoms with van der Waals surface area (Å²) in [4.78, 5) is 21.1.